The van der Waals surface area contributed by atoms with Crippen LogP contribution in [-0.2, 0) is 0 Å². The fraction of sp³-hybridized carbons (Fsp3) is 0.667. The summed E-state index contributed by atoms with van der Waals surface area (Å²) in [6, 6.07) is 0. The number of nitrogens with one attached hydrogen (secondary N) is 2. The van der Waals surface area contributed by atoms with Gasteiger partial charge in [-0.1, -0.05) is 0 Å². The van der Waals surface area contributed by atoms with E-state index in [0.717, 1.165) is 18.9 Å². The second-order valence-electron chi connectivity index (χ2n) is 2.56. The first-order valence-electron chi connectivity index (χ1n) is 3.53. The average Bonchev–Trinajstić information content (AvgIpc) is 2.59. The van der Waals surface area contributed by atoms with E-state index in [-0.39, 0.29) is 0 Å². The van der Waals surface area contributed by atoms with Crippen molar-refractivity contribution in [3.63, 3.8) is 0 Å². The molecule has 1 saturated heterocycles. The second kappa shape index (κ2) is 2.38. The van der Waals surface area contributed by atoms with Gasteiger partial charge in [0.05, 0.1) is 0 Å². The van der Waals surface area contributed by atoms with Gasteiger partial charge in [-0.3, -0.25) is 5.10 Å². The molecule has 1 aliphatic rings. The molecule has 0 aliphatic carbocycles. The zero-order valence-corrected chi connectivity index (χ0v) is 5.67. The molecule has 10 heavy (non-hydrogen) atoms. The van der Waals surface area contributed by atoms with Crippen LogP contribution in [0, 0.1) is 0 Å². The average molecular weight is 138 g/mol. The van der Waals surface area contributed by atoms with E-state index in [1.807, 2.05) is 0 Å². The Balaban J connectivity index is 2.12. The van der Waals surface area contributed by atoms with E-state index in [4.69, 9.17) is 0 Å². The van der Waals surface area contributed by atoms with Gasteiger partial charge in [-0.25, -0.2) is 4.98 Å². The van der Waals surface area contributed by atoms with Crippen molar-refractivity contribution in [2.24, 2.45) is 0 Å². The lowest BCUT2D eigenvalue weighted by Crippen LogP contribution is -2.08. The Morgan fingerprint density at radius 2 is 2.60 bits per heavy atom. The molecule has 4 heteroatoms. The quantitative estimate of drug-likeness (QED) is 0.569. The summed E-state index contributed by atoms with van der Waals surface area (Å²) in [7, 11) is 0. The summed E-state index contributed by atoms with van der Waals surface area (Å²) in [6.45, 7) is 2.14. The van der Waals surface area contributed by atoms with Gasteiger partial charge in [0.1, 0.15) is 12.2 Å². The van der Waals surface area contributed by atoms with Crippen molar-refractivity contribution in [2.45, 2.75) is 12.3 Å². The molecule has 1 unspecified atom stereocenters. The lowest BCUT2D eigenvalue weighted by molar-refractivity contribution is 0.706. The molecular weight excluding hydrogens is 128 g/mol. The van der Waals surface area contributed by atoms with Gasteiger partial charge in [-0.2, -0.15) is 5.10 Å². The Morgan fingerprint density at radius 1 is 1.60 bits per heavy atom. The Hall–Kier alpha value is -0.900. The Morgan fingerprint density at radius 3 is 3.20 bits per heavy atom. The van der Waals surface area contributed by atoms with E-state index < -0.39 is 0 Å². The standard InChI is InChI=1S/C6H10N4/c1-2-7-3-5(1)6-8-4-9-10-6/h4-5,7H,1-3H2,(H,8,9,10). The Labute approximate surface area is 59.1 Å². The summed E-state index contributed by atoms with van der Waals surface area (Å²) in [5.74, 6) is 1.58. The zero-order valence-electron chi connectivity index (χ0n) is 5.67. The van der Waals surface area contributed by atoms with Crippen molar-refractivity contribution in [1.29, 1.82) is 0 Å². The van der Waals surface area contributed by atoms with Crippen LogP contribution in [0.25, 0.3) is 0 Å². The molecule has 0 aromatic carbocycles. The molecule has 0 bridgehead atoms. The fourth-order valence-corrected chi connectivity index (χ4v) is 1.30. The summed E-state index contributed by atoms with van der Waals surface area (Å²) >= 11 is 0. The number of hydrogen-bond donors (Lipinski definition) is 2. The van der Waals surface area contributed by atoms with Gasteiger partial charge >= 0.3 is 0 Å². The molecule has 1 fully saturated rings. The van der Waals surface area contributed by atoms with Crippen LogP contribution in [0.2, 0.25) is 0 Å². The third-order valence-corrected chi connectivity index (χ3v) is 1.88. The van der Waals surface area contributed by atoms with E-state index in [1.54, 1.807) is 6.33 Å². The maximum Gasteiger partial charge on any atom is 0.137 e. The van der Waals surface area contributed by atoms with Gasteiger partial charge in [0.25, 0.3) is 0 Å². The molecule has 2 N–H and O–H groups in total. The summed E-state index contributed by atoms with van der Waals surface area (Å²) in [6.07, 6.45) is 2.74. The van der Waals surface area contributed by atoms with Gasteiger partial charge in [0.2, 0.25) is 0 Å². The molecule has 2 heterocycles. The highest BCUT2D eigenvalue weighted by Gasteiger charge is 2.18. The number of rotatable bonds is 1. The van der Waals surface area contributed by atoms with Crippen LogP contribution in [0.15, 0.2) is 6.33 Å². The molecule has 1 aromatic rings. The number of hydrogen-bond acceptors (Lipinski definition) is 3. The number of H-pyrrole nitrogens is 1. The molecule has 0 amide bonds. The zero-order chi connectivity index (χ0) is 6.81. The van der Waals surface area contributed by atoms with Crippen LogP contribution in [0.1, 0.15) is 18.2 Å². The van der Waals surface area contributed by atoms with Crippen molar-refractivity contribution < 1.29 is 0 Å². The molecule has 0 radical (unpaired) electrons. The van der Waals surface area contributed by atoms with E-state index in [1.165, 1.54) is 6.42 Å². The first-order valence-corrected chi connectivity index (χ1v) is 3.53. The van der Waals surface area contributed by atoms with Crippen LogP contribution >= 0.6 is 0 Å². The fourth-order valence-electron chi connectivity index (χ4n) is 1.30. The predicted molar refractivity (Wildman–Crippen MR) is 36.6 cm³/mol. The second-order valence-corrected chi connectivity index (χ2v) is 2.56. The Kier molecular flexibility index (Phi) is 1.39. The molecular formula is C6H10N4. The van der Waals surface area contributed by atoms with Gasteiger partial charge < -0.3 is 5.32 Å². The third-order valence-electron chi connectivity index (χ3n) is 1.88. The number of aromatic amines is 1. The van der Waals surface area contributed by atoms with Crippen LogP contribution < -0.4 is 5.32 Å². The molecule has 1 aliphatic heterocycles. The van der Waals surface area contributed by atoms with Crippen LogP contribution in [0.3, 0.4) is 0 Å². The molecule has 1 aromatic heterocycles. The maximum absolute atomic E-state index is 4.09. The normalized spacial score (nSPS) is 25.4. The van der Waals surface area contributed by atoms with Gasteiger partial charge in [-0.15, -0.1) is 0 Å². The highest BCUT2D eigenvalue weighted by molar-refractivity contribution is 4.97. The smallest absolute Gasteiger partial charge is 0.137 e. The van der Waals surface area contributed by atoms with E-state index in [2.05, 4.69) is 20.5 Å². The Bertz CT molecular complexity index is 188. The van der Waals surface area contributed by atoms with Crippen molar-refractivity contribution in [1.82, 2.24) is 20.5 Å². The highest BCUT2D eigenvalue weighted by atomic mass is 15.2. The van der Waals surface area contributed by atoms with Crippen molar-refractivity contribution in [3.05, 3.63) is 12.2 Å². The summed E-state index contributed by atoms with van der Waals surface area (Å²) in [5, 5.41) is 9.95. The number of nitrogens with zero attached hydrogens (tertiary/aromatic N) is 2. The van der Waals surface area contributed by atoms with Crippen molar-refractivity contribution >= 4 is 0 Å². The van der Waals surface area contributed by atoms with Crippen LogP contribution in [0.5, 0.6) is 0 Å². The summed E-state index contributed by atoms with van der Waals surface area (Å²) < 4.78 is 0. The van der Waals surface area contributed by atoms with Crippen LogP contribution in [-0.4, -0.2) is 28.3 Å². The molecule has 0 spiro atoms. The van der Waals surface area contributed by atoms with Gasteiger partial charge in [0, 0.05) is 12.5 Å². The molecule has 2 rings (SSSR count). The minimum Gasteiger partial charge on any atom is -0.316 e. The largest absolute Gasteiger partial charge is 0.316 e. The van der Waals surface area contributed by atoms with E-state index >= 15 is 0 Å². The van der Waals surface area contributed by atoms with E-state index in [0.29, 0.717) is 5.92 Å². The van der Waals surface area contributed by atoms with E-state index in [9.17, 15) is 0 Å². The number of aromatic nitrogens is 3. The summed E-state index contributed by atoms with van der Waals surface area (Å²) in [4.78, 5) is 4.09. The van der Waals surface area contributed by atoms with Crippen molar-refractivity contribution in [3.8, 4) is 0 Å². The maximum atomic E-state index is 4.09. The minimum atomic E-state index is 0.558. The highest BCUT2D eigenvalue weighted by Crippen LogP contribution is 2.16. The molecule has 4 nitrogen and oxygen atoms in total. The summed E-state index contributed by atoms with van der Waals surface area (Å²) in [5.41, 5.74) is 0. The predicted octanol–water partition coefficient (Wildman–Crippen LogP) is -0.118. The molecule has 54 valence electrons. The first-order chi connectivity index (χ1) is 4.97. The lowest BCUT2D eigenvalue weighted by atomic mass is 10.1. The van der Waals surface area contributed by atoms with Crippen LogP contribution in [0.4, 0.5) is 0 Å². The first kappa shape index (κ1) is 5.85. The van der Waals surface area contributed by atoms with Crippen molar-refractivity contribution in [2.75, 3.05) is 13.1 Å². The monoisotopic (exact) mass is 138 g/mol. The van der Waals surface area contributed by atoms with Gasteiger partial charge in [-0.05, 0) is 13.0 Å². The molecule has 0 saturated carbocycles. The van der Waals surface area contributed by atoms with Gasteiger partial charge in [0.15, 0.2) is 0 Å². The lowest BCUT2D eigenvalue weighted by Gasteiger charge is -2.00. The molecule has 1 atom stereocenters. The topological polar surface area (TPSA) is 53.6 Å². The SMILES string of the molecule is c1n[nH]c(C2CCNC2)n1. The minimum absolute atomic E-state index is 0.558. The third kappa shape index (κ3) is 0.903.